The van der Waals surface area contributed by atoms with E-state index in [1.165, 1.54) is 110 Å². The molecule has 0 saturated carbocycles. The average Bonchev–Trinajstić information content (AvgIpc) is 3.27. The van der Waals surface area contributed by atoms with Crippen LogP contribution < -0.4 is 43.3 Å². The molecule has 8 aromatic rings. The first-order valence-electron chi connectivity index (χ1n) is 23.5. The van der Waals surface area contributed by atoms with Gasteiger partial charge in [0.05, 0.1) is 0 Å². The molecule has 8 aromatic carbocycles. The molecule has 0 aliphatic rings. The summed E-state index contributed by atoms with van der Waals surface area (Å²) in [5.74, 6) is 0. The van der Waals surface area contributed by atoms with E-state index in [0.717, 1.165) is 11.1 Å². The van der Waals surface area contributed by atoms with E-state index in [4.69, 9.17) is 30.8 Å². The van der Waals surface area contributed by atoms with Crippen LogP contribution in [0.4, 0.5) is 0 Å². The molecule has 0 fully saturated rings. The summed E-state index contributed by atoms with van der Waals surface area (Å²) < 4.78 is 0. The van der Waals surface area contributed by atoms with Gasteiger partial charge in [0.15, 0.2) is 0 Å². The second-order valence-electron chi connectivity index (χ2n) is 18.9. The van der Waals surface area contributed by atoms with Gasteiger partial charge in [-0.15, -0.1) is 0 Å². The van der Waals surface area contributed by atoms with Crippen molar-refractivity contribution in [3.05, 3.63) is 236 Å². The number of halogens is 2. The van der Waals surface area contributed by atoms with Gasteiger partial charge in [-0.05, 0) is 170 Å². The normalized spacial score (nSPS) is 12.4. The molecular formula is C62H68Cl2N2P2Ru. The molecule has 0 saturated heterocycles. The van der Waals surface area contributed by atoms with E-state index in [2.05, 4.69) is 180 Å². The van der Waals surface area contributed by atoms with E-state index in [9.17, 15) is 0 Å². The third-order valence-corrected chi connectivity index (χ3v) is 17.4. The van der Waals surface area contributed by atoms with Crippen molar-refractivity contribution >= 4 is 67.1 Å². The Hall–Kier alpha value is -4.26. The van der Waals surface area contributed by atoms with Crippen molar-refractivity contribution in [2.24, 2.45) is 11.5 Å². The fourth-order valence-electron chi connectivity index (χ4n) is 9.79. The zero-order chi connectivity index (χ0) is 50.1. The summed E-state index contributed by atoms with van der Waals surface area (Å²) in [6.07, 6.45) is 0. The average molecular weight is 1080 g/mol. The van der Waals surface area contributed by atoms with Crippen LogP contribution in [0.25, 0.3) is 11.1 Å². The third kappa shape index (κ3) is 13.8. The van der Waals surface area contributed by atoms with Gasteiger partial charge in [0, 0.05) is 12.1 Å². The van der Waals surface area contributed by atoms with Gasteiger partial charge in [-0.1, -0.05) is 208 Å². The Kier molecular flexibility index (Phi) is 19.4. The van der Waals surface area contributed by atoms with Crippen molar-refractivity contribution < 1.29 is 15.1 Å². The van der Waals surface area contributed by atoms with Crippen LogP contribution in [0, 0.1) is 83.1 Å². The van der Waals surface area contributed by atoms with E-state index in [-0.39, 0.29) is 27.2 Å². The minimum atomic E-state index is -0.862. The summed E-state index contributed by atoms with van der Waals surface area (Å²) in [6, 6.07) is 58.1. The Morgan fingerprint density at radius 2 is 0.638 bits per heavy atom. The van der Waals surface area contributed by atoms with Crippen LogP contribution in [0.1, 0.15) is 90.0 Å². The number of benzene rings is 8. The number of hydrogen-bond acceptors (Lipinski definition) is 2. The molecule has 0 spiro atoms. The number of aryl methyl sites for hydroxylation is 12. The van der Waals surface area contributed by atoms with Crippen LogP contribution in [0.3, 0.4) is 0 Å². The van der Waals surface area contributed by atoms with E-state index in [0.29, 0.717) is 0 Å². The first-order valence-corrected chi connectivity index (χ1v) is 30.7. The van der Waals surface area contributed by atoms with Crippen LogP contribution in [0.15, 0.2) is 158 Å². The molecule has 7 heteroatoms. The Labute approximate surface area is 432 Å². The van der Waals surface area contributed by atoms with Crippen LogP contribution in [-0.4, -0.2) is 0 Å². The second kappa shape index (κ2) is 24.7. The van der Waals surface area contributed by atoms with Gasteiger partial charge in [-0.3, -0.25) is 0 Å². The molecule has 0 aliphatic carbocycles. The van der Waals surface area contributed by atoms with Gasteiger partial charge in [0.2, 0.25) is 0 Å². The van der Waals surface area contributed by atoms with Crippen LogP contribution >= 0.6 is 35.2 Å². The van der Waals surface area contributed by atoms with Crippen LogP contribution in [-0.2, 0) is 15.1 Å². The summed E-state index contributed by atoms with van der Waals surface area (Å²) in [4.78, 5) is 0. The second-order valence-corrected chi connectivity index (χ2v) is 25.8. The van der Waals surface area contributed by atoms with Crippen molar-refractivity contribution in [3.63, 3.8) is 0 Å². The Morgan fingerprint density at radius 3 is 0.986 bits per heavy atom. The summed E-state index contributed by atoms with van der Waals surface area (Å²) >= 11 is -0.346. The van der Waals surface area contributed by atoms with Crippen LogP contribution in [0.2, 0.25) is 0 Å². The van der Waals surface area contributed by atoms with Gasteiger partial charge in [0.25, 0.3) is 0 Å². The van der Waals surface area contributed by atoms with Gasteiger partial charge >= 0.3 is 34.5 Å². The monoisotopic (exact) mass is 1070 g/mol. The number of rotatable bonds is 10. The first kappa shape index (κ1) is 54.1. The van der Waals surface area contributed by atoms with Crippen molar-refractivity contribution in [1.82, 2.24) is 0 Å². The molecule has 0 radical (unpaired) electrons. The van der Waals surface area contributed by atoms with Gasteiger partial charge in [0.1, 0.15) is 0 Å². The number of hydrogen-bond donors (Lipinski definition) is 2. The molecule has 0 heterocycles. The van der Waals surface area contributed by atoms with Gasteiger partial charge in [-0.25, -0.2) is 0 Å². The standard InChI is InChI=1S/C48H52P2.C14H16N2.2ClH.Ru/c1-29-13-14-44(38(10)18-29)50(43-25-34(6)17-35(7)26-43)46-28-37(9)20-40(12)48(46)47-39(11)19-36(8)27-45(47)49(41-21-30(2)15-31(3)22-41)42-23-32(4)16-33(5)24-42;15-13(11-7-3-1-4-8-11)14(16)12-9-5-2-6-10-12;;;/h13-28H,1-12H3;1-10,13-14H,15-16H2;2*1H;/q;;;;+2/p-2/t50-;13-,14-;;;/m10.../s1. The van der Waals surface area contributed by atoms with E-state index in [1.807, 2.05) is 60.7 Å². The Balaban J connectivity index is 0.000000343. The summed E-state index contributed by atoms with van der Waals surface area (Å²) in [7, 11) is 7.98. The summed E-state index contributed by atoms with van der Waals surface area (Å²) in [5, 5.41) is 8.62. The predicted octanol–water partition coefficient (Wildman–Crippen LogP) is 14.3. The molecule has 0 aliphatic heterocycles. The van der Waals surface area contributed by atoms with E-state index >= 15 is 0 Å². The number of nitrogens with two attached hydrogens (primary N) is 2. The zero-order valence-corrected chi connectivity index (χ0v) is 47.4. The quantitative estimate of drug-likeness (QED) is 0.106. The van der Waals surface area contributed by atoms with Gasteiger partial charge < -0.3 is 11.5 Å². The fraction of sp³-hybridized carbons (Fsp3) is 0.226. The maximum absolute atomic E-state index is 6.15. The predicted molar refractivity (Wildman–Crippen MR) is 305 cm³/mol. The van der Waals surface area contributed by atoms with E-state index in [1.54, 1.807) is 0 Å². The SMILES string of the molecule is Cc1cc(C)cc(P(c2cc(C)cc(C)c2)c2cc(C)cc(C)c2-c2c(C)cc(C)cc2[P@](c2cc(C)cc(C)c2)c2ccc(C)cc2C)c1.N[C@@H](c1ccccc1)[C@@H](N)c1ccccc1.[Cl][Ru][Cl]. The molecule has 0 aromatic heterocycles. The molecule has 69 heavy (non-hydrogen) atoms. The maximum atomic E-state index is 6.15. The van der Waals surface area contributed by atoms with Crippen molar-refractivity contribution in [3.8, 4) is 11.1 Å². The molecule has 0 bridgehead atoms. The Bertz CT molecular complexity index is 2870. The molecule has 3 atom stereocenters. The molecule has 4 N–H and O–H groups in total. The molecular weight excluding hydrogens is 1010 g/mol. The summed E-state index contributed by atoms with van der Waals surface area (Å²) in [6.45, 7) is 27.3. The van der Waals surface area contributed by atoms with Crippen molar-refractivity contribution in [2.45, 2.75) is 95.2 Å². The third-order valence-electron chi connectivity index (χ3n) is 12.4. The molecule has 0 unspecified atom stereocenters. The fourth-order valence-corrected chi connectivity index (χ4v) is 15.8. The van der Waals surface area contributed by atoms with E-state index < -0.39 is 15.8 Å². The summed E-state index contributed by atoms with van der Waals surface area (Å²) in [5.41, 5.74) is 33.2. The van der Waals surface area contributed by atoms with Crippen molar-refractivity contribution in [1.29, 1.82) is 0 Å². The minimum absolute atomic E-state index is 0.163. The van der Waals surface area contributed by atoms with Gasteiger partial charge in [-0.2, -0.15) is 0 Å². The Morgan fingerprint density at radius 1 is 0.333 bits per heavy atom. The first-order chi connectivity index (χ1) is 32.9. The molecule has 2 nitrogen and oxygen atoms in total. The molecule has 358 valence electrons. The molecule has 0 amide bonds. The topological polar surface area (TPSA) is 52.0 Å². The molecule has 8 rings (SSSR count). The van der Waals surface area contributed by atoms with Crippen molar-refractivity contribution in [2.75, 3.05) is 0 Å². The zero-order valence-electron chi connectivity index (χ0n) is 42.3. The van der Waals surface area contributed by atoms with Crippen LogP contribution in [0.5, 0.6) is 0 Å².